The molecule has 1 aliphatic heterocycles. The van der Waals surface area contributed by atoms with Gasteiger partial charge in [-0.3, -0.25) is 9.69 Å². The van der Waals surface area contributed by atoms with Crippen molar-refractivity contribution >= 4 is 46.2 Å². The SMILES string of the molecule is CN1C(=O)/C(=C\c2ccc(O)cc2)SC1=Nc1ccccc1Cl. The predicted molar refractivity (Wildman–Crippen MR) is 95.0 cm³/mol. The number of aromatic hydroxyl groups is 1. The summed E-state index contributed by atoms with van der Waals surface area (Å²) in [6.45, 7) is 0. The molecule has 23 heavy (non-hydrogen) atoms. The molecule has 1 saturated heterocycles. The fourth-order valence-corrected chi connectivity index (χ4v) is 3.18. The van der Waals surface area contributed by atoms with Crippen molar-refractivity contribution in [3.63, 3.8) is 0 Å². The van der Waals surface area contributed by atoms with Crippen molar-refractivity contribution in [3.8, 4) is 5.75 Å². The number of hydrogen-bond acceptors (Lipinski definition) is 4. The summed E-state index contributed by atoms with van der Waals surface area (Å²) in [6.07, 6.45) is 1.78. The molecule has 0 saturated carbocycles. The van der Waals surface area contributed by atoms with E-state index in [9.17, 15) is 9.90 Å². The Morgan fingerprint density at radius 2 is 1.87 bits per heavy atom. The number of carbonyl (C=O) groups excluding carboxylic acids is 1. The van der Waals surface area contributed by atoms with E-state index in [2.05, 4.69) is 4.99 Å². The molecule has 2 aromatic carbocycles. The third kappa shape index (κ3) is 3.41. The maximum Gasteiger partial charge on any atom is 0.266 e. The van der Waals surface area contributed by atoms with Gasteiger partial charge in [0.2, 0.25) is 0 Å². The molecular formula is C17H13ClN2O2S. The minimum atomic E-state index is -0.117. The van der Waals surface area contributed by atoms with Crippen LogP contribution in [0.4, 0.5) is 5.69 Å². The number of phenols is 1. The zero-order valence-electron chi connectivity index (χ0n) is 12.2. The Hall–Kier alpha value is -2.24. The van der Waals surface area contributed by atoms with Crippen molar-refractivity contribution in [1.29, 1.82) is 0 Å². The number of thioether (sulfide) groups is 1. The van der Waals surface area contributed by atoms with E-state index in [0.29, 0.717) is 20.8 Å². The van der Waals surface area contributed by atoms with Crippen molar-refractivity contribution < 1.29 is 9.90 Å². The third-order valence-electron chi connectivity index (χ3n) is 3.26. The number of amides is 1. The van der Waals surface area contributed by atoms with E-state index in [0.717, 1.165) is 5.56 Å². The zero-order chi connectivity index (χ0) is 16.4. The van der Waals surface area contributed by atoms with Gasteiger partial charge in [-0.1, -0.05) is 35.9 Å². The number of para-hydroxylation sites is 1. The molecule has 1 N–H and O–H groups in total. The van der Waals surface area contributed by atoms with Gasteiger partial charge in [-0.15, -0.1) is 0 Å². The van der Waals surface area contributed by atoms with Crippen LogP contribution in [0.3, 0.4) is 0 Å². The number of nitrogens with zero attached hydrogens (tertiary/aromatic N) is 2. The second-order valence-electron chi connectivity index (χ2n) is 4.91. The second-order valence-corrected chi connectivity index (χ2v) is 6.33. The molecule has 0 bridgehead atoms. The van der Waals surface area contributed by atoms with Crippen molar-refractivity contribution in [2.24, 2.45) is 4.99 Å². The molecule has 1 aliphatic rings. The molecule has 0 aliphatic carbocycles. The van der Waals surface area contributed by atoms with Crippen LogP contribution in [0.2, 0.25) is 5.02 Å². The smallest absolute Gasteiger partial charge is 0.266 e. The molecule has 0 atom stereocenters. The zero-order valence-corrected chi connectivity index (χ0v) is 13.8. The first-order chi connectivity index (χ1) is 11.0. The summed E-state index contributed by atoms with van der Waals surface area (Å²) in [5.41, 5.74) is 1.47. The van der Waals surface area contributed by atoms with Crippen molar-refractivity contribution in [1.82, 2.24) is 4.90 Å². The second kappa shape index (κ2) is 6.48. The van der Waals surface area contributed by atoms with Gasteiger partial charge >= 0.3 is 0 Å². The summed E-state index contributed by atoms with van der Waals surface area (Å²) in [5, 5.41) is 10.4. The molecule has 1 heterocycles. The molecule has 0 radical (unpaired) electrons. The van der Waals surface area contributed by atoms with Crippen LogP contribution in [-0.4, -0.2) is 28.1 Å². The Kier molecular flexibility index (Phi) is 4.41. The summed E-state index contributed by atoms with van der Waals surface area (Å²) in [7, 11) is 1.68. The topological polar surface area (TPSA) is 52.9 Å². The Bertz CT molecular complexity index is 816. The first-order valence-corrected chi connectivity index (χ1v) is 8.04. The Labute approximate surface area is 143 Å². The number of benzene rings is 2. The molecule has 2 aromatic rings. The maximum absolute atomic E-state index is 12.3. The highest BCUT2D eigenvalue weighted by molar-refractivity contribution is 8.18. The van der Waals surface area contributed by atoms with Gasteiger partial charge in [0.15, 0.2) is 5.17 Å². The fourth-order valence-electron chi connectivity index (χ4n) is 2.02. The van der Waals surface area contributed by atoms with Gasteiger partial charge in [-0.2, -0.15) is 0 Å². The molecule has 116 valence electrons. The number of hydrogen-bond donors (Lipinski definition) is 1. The van der Waals surface area contributed by atoms with Gasteiger partial charge in [0, 0.05) is 7.05 Å². The molecule has 1 amide bonds. The number of rotatable bonds is 2. The quantitative estimate of drug-likeness (QED) is 0.827. The molecule has 6 heteroatoms. The number of likely N-dealkylation sites (N-methyl/N-ethyl adjacent to an activating group) is 1. The van der Waals surface area contributed by atoms with E-state index in [1.54, 1.807) is 49.5 Å². The number of halogens is 1. The van der Waals surface area contributed by atoms with Crippen LogP contribution in [0.1, 0.15) is 5.56 Å². The van der Waals surface area contributed by atoms with Gasteiger partial charge < -0.3 is 5.11 Å². The summed E-state index contributed by atoms with van der Waals surface area (Å²) in [6, 6.07) is 13.9. The maximum atomic E-state index is 12.3. The highest BCUT2D eigenvalue weighted by Crippen LogP contribution is 2.34. The first-order valence-electron chi connectivity index (χ1n) is 6.84. The Morgan fingerprint density at radius 3 is 2.57 bits per heavy atom. The van der Waals surface area contributed by atoms with Crippen molar-refractivity contribution in [2.75, 3.05) is 7.05 Å². The van der Waals surface area contributed by atoms with Gasteiger partial charge in [-0.25, -0.2) is 4.99 Å². The summed E-state index contributed by atoms with van der Waals surface area (Å²) >= 11 is 7.41. The Balaban J connectivity index is 1.91. The lowest BCUT2D eigenvalue weighted by molar-refractivity contribution is -0.121. The number of phenolic OH excluding ortho intramolecular Hbond substituents is 1. The number of carbonyl (C=O) groups is 1. The largest absolute Gasteiger partial charge is 0.508 e. The van der Waals surface area contributed by atoms with Crippen molar-refractivity contribution in [3.05, 3.63) is 64.0 Å². The molecule has 3 rings (SSSR count). The van der Waals surface area contributed by atoms with Crippen LogP contribution >= 0.6 is 23.4 Å². The van der Waals surface area contributed by atoms with Gasteiger partial charge in [0.1, 0.15) is 5.75 Å². The first kappa shape index (κ1) is 15.6. The highest BCUT2D eigenvalue weighted by Gasteiger charge is 2.30. The average Bonchev–Trinajstić information content (AvgIpc) is 2.80. The molecule has 0 spiro atoms. The van der Waals surface area contributed by atoms with Crippen LogP contribution in [0.25, 0.3) is 6.08 Å². The minimum absolute atomic E-state index is 0.117. The number of aliphatic imine (C=N–C) groups is 1. The van der Waals surface area contributed by atoms with Crippen LogP contribution in [0.5, 0.6) is 5.75 Å². The van der Waals surface area contributed by atoms with Crippen LogP contribution < -0.4 is 0 Å². The average molecular weight is 345 g/mol. The van der Waals surface area contributed by atoms with E-state index in [1.165, 1.54) is 16.7 Å². The van der Waals surface area contributed by atoms with Crippen LogP contribution in [0.15, 0.2) is 58.4 Å². The van der Waals surface area contributed by atoms with E-state index in [-0.39, 0.29) is 11.7 Å². The lowest BCUT2D eigenvalue weighted by atomic mass is 10.2. The minimum Gasteiger partial charge on any atom is -0.508 e. The molecule has 0 aromatic heterocycles. The predicted octanol–water partition coefficient (Wildman–Crippen LogP) is 4.28. The van der Waals surface area contributed by atoms with Crippen LogP contribution in [0, 0.1) is 0 Å². The Morgan fingerprint density at radius 1 is 1.17 bits per heavy atom. The monoisotopic (exact) mass is 344 g/mol. The lowest BCUT2D eigenvalue weighted by Crippen LogP contribution is -2.23. The van der Waals surface area contributed by atoms with Crippen LogP contribution in [-0.2, 0) is 4.79 Å². The van der Waals surface area contributed by atoms with Crippen molar-refractivity contribution in [2.45, 2.75) is 0 Å². The molecule has 1 fully saturated rings. The van der Waals surface area contributed by atoms with Gasteiger partial charge in [0.05, 0.1) is 15.6 Å². The fraction of sp³-hybridized carbons (Fsp3) is 0.0588. The van der Waals surface area contributed by atoms with E-state index in [1.807, 2.05) is 12.1 Å². The third-order valence-corrected chi connectivity index (χ3v) is 4.64. The highest BCUT2D eigenvalue weighted by atomic mass is 35.5. The molecule has 4 nitrogen and oxygen atoms in total. The summed E-state index contributed by atoms with van der Waals surface area (Å²) < 4.78 is 0. The number of amidine groups is 1. The lowest BCUT2D eigenvalue weighted by Gasteiger charge is -2.07. The summed E-state index contributed by atoms with van der Waals surface area (Å²) in [4.78, 5) is 18.9. The van der Waals surface area contributed by atoms with E-state index < -0.39 is 0 Å². The molecule has 0 unspecified atom stereocenters. The normalized spacial score (nSPS) is 18.2. The van der Waals surface area contributed by atoms with E-state index >= 15 is 0 Å². The summed E-state index contributed by atoms with van der Waals surface area (Å²) in [5.74, 6) is 0.0736. The molecular weight excluding hydrogens is 332 g/mol. The standard InChI is InChI=1S/C17H13ClN2O2S/c1-20-16(22)15(10-11-6-8-12(21)9-7-11)23-17(20)19-14-5-3-2-4-13(14)18/h2-10,21H,1H3/b15-10+,19-17?. The van der Waals surface area contributed by atoms with Gasteiger partial charge in [-0.05, 0) is 47.7 Å². The van der Waals surface area contributed by atoms with E-state index in [4.69, 9.17) is 11.6 Å². The van der Waals surface area contributed by atoms with Gasteiger partial charge in [0.25, 0.3) is 5.91 Å².